The van der Waals surface area contributed by atoms with Crippen LogP contribution < -0.4 is 0 Å². The molecule has 2 bridgehead atoms. The molecule has 4 rings (SSSR count). The Bertz CT molecular complexity index is 780. The maximum atomic E-state index is 12.2. The number of benzene rings is 2. The molecule has 2 aliphatic rings. The molecule has 0 N–H and O–H groups in total. The highest BCUT2D eigenvalue weighted by Crippen LogP contribution is 2.55. The molecule has 0 saturated carbocycles. The predicted octanol–water partition coefficient (Wildman–Crippen LogP) is 3.94. The molecule has 0 spiro atoms. The van der Waals surface area contributed by atoms with Crippen molar-refractivity contribution in [3.05, 3.63) is 83.4 Å². The molecular weight excluding hydrogens is 288 g/mol. The van der Waals surface area contributed by atoms with E-state index in [1.807, 2.05) is 36.4 Å². The van der Waals surface area contributed by atoms with Gasteiger partial charge in [-0.3, -0.25) is 0 Å². The number of carbonyl (C=O) groups is 1. The summed E-state index contributed by atoms with van der Waals surface area (Å²) in [6.07, 6.45) is 5.00. The predicted molar refractivity (Wildman–Crippen MR) is 87.0 cm³/mol. The van der Waals surface area contributed by atoms with Crippen LogP contribution in [-0.2, 0) is 20.7 Å². The summed E-state index contributed by atoms with van der Waals surface area (Å²) < 4.78 is 11.9. The Morgan fingerprint density at radius 3 is 2.26 bits per heavy atom. The normalized spacial score (nSPS) is 27.0. The van der Waals surface area contributed by atoms with Crippen LogP contribution in [0.25, 0.3) is 0 Å². The molecule has 2 unspecified atom stereocenters. The summed E-state index contributed by atoms with van der Waals surface area (Å²) in [7, 11) is 0. The lowest BCUT2D eigenvalue weighted by molar-refractivity contribution is -0.0993. The average Bonchev–Trinajstić information content (AvgIpc) is 3.14. The Hall–Kier alpha value is -2.39. The summed E-state index contributed by atoms with van der Waals surface area (Å²) in [5, 5.41) is 0. The van der Waals surface area contributed by atoms with Crippen molar-refractivity contribution >= 4 is 5.97 Å². The third kappa shape index (κ3) is 2.04. The van der Waals surface area contributed by atoms with Crippen LogP contribution in [0.3, 0.4) is 0 Å². The van der Waals surface area contributed by atoms with Crippen molar-refractivity contribution in [2.45, 2.75) is 24.5 Å². The van der Waals surface area contributed by atoms with Crippen LogP contribution in [0.15, 0.2) is 66.7 Å². The zero-order valence-electron chi connectivity index (χ0n) is 13.0. The van der Waals surface area contributed by atoms with Crippen LogP contribution in [0.5, 0.6) is 0 Å². The largest absolute Gasteiger partial charge is 0.458 e. The van der Waals surface area contributed by atoms with Crippen molar-refractivity contribution in [1.82, 2.24) is 0 Å². The molecule has 2 aliphatic heterocycles. The van der Waals surface area contributed by atoms with E-state index >= 15 is 0 Å². The summed E-state index contributed by atoms with van der Waals surface area (Å²) in [5.74, 6) is -0.324. The highest BCUT2D eigenvalue weighted by molar-refractivity contribution is 5.89. The lowest BCUT2D eigenvalue weighted by atomic mass is 9.81. The zero-order valence-corrected chi connectivity index (χ0v) is 13.0. The van der Waals surface area contributed by atoms with Gasteiger partial charge in [0.15, 0.2) is 0 Å². The van der Waals surface area contributed by atoms with E-state index in [9.17, 15) is 4.79 Å². The van der Waals surface area contributed by atoms with E-state index in [4.69, 9.17) is 9.47 Å². The highest BCUT2D eigenvalue weighted by Gasteiger charge is 2.55. The summed E-state index contributed by atoms with van der Waals surface area (Å²) in [6.45, 7) is 2.30. The molecular formula is C20H18O3. The molecule has 2 heterocycles. The topological polar surface area (TPSA) is 35.5 Å². The number of hydrogen-bond acceptors (Lipinski definition) is 3. The van der Waals surface area contributed by atoms with Gasteiger partial charge in [-0.2, -0.15) is 0 Å². The Balaban J connectivity index is 1.61. The lowest BCUT2D eigenvalue weighted by Gasteiger charge is -2.25. The molecule has 2 atom stereocenters. The van der Waals surface area contributed by atoms with Gasteiger partial charge in [0.2, 0.25) is 0 Å². The first-order chi connectivity index (χ1) is 11.2. The van der Waals surface area contributed by atoms with Gasteiger partial charge in [-0.15, -0.1) is 0 Å². The van der Waals surface area contributed by atoms with Crippen LogP contribution in [-0.4, -0.2) is 12.6 Å². The van der Waals surface area contributed by atoms with Crippen molar-refractivity contribution in [3.63, 3.8) is 0 Å². The molecule has 3 nitrogen and oxygen atoms in total. The van der Waals surface area contributed by atoms with Gasteiger partial charge in [0.05, 0.1) is 5.56 Å². The first kappa shape index (κ1) is 14.2. The first-order valence-corrected chi connectivity index (χ1v) is 7.92. The standard InChI is InChI=1S/C20H18O3/c1-2-19-12-13-20(23-19,17-11-7-6-10-16(17)19)14-22-18(21)15-8-4-3-5-9-15/h3-13H,2,14H2,1H3. The molecule has 3 heteroatoms. The van der Waals surface area contributed by atoms with Gasteiger partial charge in [-0.1, -0.05) is 49.4 Å². The molecule has 2 aromatic carbocycles. The molecule has 0 saturated heterocycles. The van der Waals surface area contributed by atoms with E-state index in [0.717, 1.165) is 12.0 Å². The molecule has 23 heavy (non-hydrogen) atoms. The van der Waals surface area contributed by atoms with Gasteiger partial charge in [0, 0.05) is 0 Å². The molecule has 0 radical (unpaired) electrons. The SMILES string of the molecule is CCC12C=CC(COC(=O)c3ccccc3)(O1)c1ccccc12. The Morgan fingerprint density at radius 2 is 1.57 bits per heavy atom. The van der Waals surface area contributed by atoms with Crippen molar-refractivity contribution < 1.29 is 14.3 Å². The zero-order chi connectivity index (χ0) is 15.9. The average molecular weight is 306 g/mol. The minimum absolute atomic E-state index is 0.190. The second kappa shape index (κ2) is 5.07. The van der Waals surface area contributed by atoms with E-state index in [1.165, 1.54) is 5.56 Å². The third-order valence-electron chi connectivity index (χ3n) is 4.78. The Kier molecular flexibility index (Phi) is 3.13. The number of esters is 1. The Labute approximate surface area is 135 Å². The van der Waals surface area contributed by atoms with Crippen molar-refractivity contribution in [1.29, 1.82) is 0 Å². The fraction of sp³-hybridized carbons (Fsp3) is 0.250. The van der Waals surface area contributed by atoms with Gasteiger partial charge in [0.25, 0.3) is 0 Å². The number of rotatable bonds is 4. The van der Waals surface area contributed by atoms with Gasteiger partial charge < -0.3 is 9.47 Å². The maximum Gasteiger partial charge on any atom is 0.338 e. The lowest BCUT2D eigenvalue weighted by Crippen LogP contribution is -2.30. The molecule has 0 aliphatic carbocycles. The summed E-state index contributed by atoms with van der Waals surface area (Å²) >= 11 is 0. The first-order valence-electron chi connectivity index (χ1n) is 7.92. The smallest absolute Gasteiger partial charge is 0.338 e. The van der Waals surface area contributed by atoms with Crippen LogP contribution in [0.4, 0.5) is 0 Å². The van der Waals surface area contributed by atoms with E-state index in [0.29, 0.717) is 5.56 Å². The van der Waals surface area contributed by atoms with Crippen molar-refractivity contribution in [2.75, 3.05) is 6.61 Å². The number of ether oxygens (including phenoxy) is 2. The molecule has 116 valence electrons. The van der Waals surface area contributed by atoms with E-state index in [2.05, 4.69) is 25.1 Å². The van der Waals surface area contributed by atoms with Crippen molar-refractivity contribution in [3.8, 4) is 0 Å². The fourth-order valence-electron chi connectivity index (χ4n) is 3.54. The number of carbonyl (C=O) groups excluding carboxylic acids is 1. The van der Waals surface area contributed by atoms with Crippen LogP contribution in [0.1, 0.15) is 34.8 Å². The van der Waals surface area contributed by atoms with E-state index < -0.39 is 5.60 Å². The second-order valence-corrected chi connectivity index (χ2v) is 6.06. The minimum Gasteiger partial charge on any atom is -0.458 e. The summed E-state index contributed by atoms with van der Waals surface area (Å²) in [6, 6.07) is 17.2. The van der Waals surface area contributed by atoms with Gasteiger partial charge in [-0.25, -0.2) is 4.79 Å². The van der Waals surface area contributed by atoms with E-state index in [-0.39, 0.29) is 18.2 Å². The molecule has 0 fully saturated rings. The number of hydrogen-bond donors (Lipinski definition) is 0. The third-order valence-corrected chi connectivity index (χ3v) is 4.78. The molecule has 0 amide bonds. The quantitative estimate of drug-likeness (QED) is 0.634. The fourth-order valence-corrected chi connectivity index (χ4v) is 3.54. The summed E-state index contributed by atoms with van der Waals surface area (Å²) in [5.41, 5.74) is 1.80. The summed E-state index contributed by atoms with van der Waals surface area (Å²) in [4.78, 5) is 12.2. The van der Waals surface area contributed by atoms with Gasteiger partial charge in [-0.05, 0) is 41.8 Å². The highest BCUT2D eigenvalue weighted by atomic mass is 16.6. The maximum absolute atomic E-state index is 12.2. The van der Waals surface area contributed by atoms with Crippen LogP contribution >= 0.6 is 0 Å². The monoisotopic (exact) mass is 306 g/mol. The van der Waals surface area contributed by atoms with Crippen LogP contribution in [0.2, 0.25) is 0 Å². The van der Waals surface area contributed by atoms with Gasteiger partial charge in [0.1, 0.15) is 17.8 Å². The molecule has 2 aromatic rings. The van der Waals surface area contributed by atoms with Crippen LogP contribution in [0, 0.1) is 0 Å². The minimum atomic E-state index is -0.656. The van der Waals surface area contributed by atoms with E-state index in [1.54, 1.807) is 12.1 Å². The Morgan fingerprint density at radius 1 is 0.957 bits per heavy atom. The molecule has 0 aromatic heterocycles. The van der Waals surface area contributed by atoms with Crippen molar-refractivity contribution in [2.24, 2.45) is 0 Å². The second-order valence-electron chi connectivity index (χ2n) is 6.06. The number of fused-ring (bicyclic) bond motifs is 5. The van der Waals surface area contributed by atoms with Gasteiger partial charge >= 0.3 is 5.97 Å².